The monoisotopic (exact) mass is 294 g/mol. The Kier molecular flexibility index (Phi) is 4.39. The number of rotatable bonds is 6. The molecule has 0 fully saturated rings. The maximum atomic E-state index is 5.68. The first-order valence-electron chi connectivity index (χ1n) is 7.21. The van der Waals surface area contributed by atoms with Crippen molar-refractivity contribution in [2.45, 2.75) is 0 Å². The zero-order valence-electron chi connectivity index (χ0n) is 12.5. The van der Waals surface area contributed by atoms with Crippen LogP contribution in [0.1, 0.15) is 0 Å². The van der Waals surface area contributed by atoms with Crippen LogP contribution in [0.3, 0.4) is 0 Å². The van der Waals surface area contributed by atoms with Crippen molar-refractivity contribution >= 4 is 16.6 Å². The molecule has 0 saturated heterocycles. The fourth-order valence-electron chi connectivity index (χ4n) is 2.20. The second-order valence-electron chi connectivity index (χ2n) is 4.87. The van der Waals surface area contributed by atoms with Gasteiger partial charge in [-0.3, -0.25) is 4.98 Å². The van der Waals surface area contributed by atoms with Gasteiger partial charge in [0.25, 0.3) is 0 Å². The van der Waals surface area contributed by atoms with E-state index in [0.29, 0.717) is 13.2 Å². The molecule has 3 rings (SSSR count). The van der Waals surface area contributed by atoms with Gasteiger partial charge in [-0.05, 0) is 36.4 Å². The Morgan fingerprint density at radius 1 is 1.00 bits per heavy atom. The number of para-hydroxylation sites is 1. The number of nitrogens with zero attached hydrogens (tertiary/aromatic N) is 1. The molecule has 1 N–H and O–H groups in total. The number of hydrogen-bond donors (Lipinski definition) is 1. The van der Waals surface area contributed by atoms with E-state index in [1.165, 1.54) is 0 Å². The van der Waals surface area contributed by atoms with Crippen LogP contribution in [-0.4, -0.2) is 25.2 Å². The molecule has 0 spiro atoms. The van der Waals surface area contributed by atoms with Gasteiger partial charge in [-0.15, -0.1) is 0 Å². The van der Waals surface area contributed by atoms with Crippen LogP contribution in [0.5, 0.6) is 11.5 Å². The third kappa shape index (κ3) is 3.47. The Morgan fingerprint density at radius 3 is 2.59 bits per heavy atom. The predicted octanol–water partition coefficient (Wildman–Crippen LogP) is 3.73. The first-order chi connectivity index (χ1) is 10.8. The Hall–Kier alpha value is -2.75. The number of anilines is 1. The maximum Gasteiger partial charge on any atom is 0.119 e. The van der Waals surface area contributed by atoms with Crippen LogP contribution in [0.15, 0.2) is 60.8 Å². The van der Waals surface area contributed by atoms with Crippen LogP contribution >= 0.6 is 0 Å². The molecule has 0 atom stereocenters. The largest absolute Gasteiger partial charge is 0.497 e. The molecular formula is C18H18N2O2. The van der Waals surface area contributed by atoms with Gasteiger partial charge in [0.15, 0.2) is 0 Å². The molecule has 0 aliphatic carbocycles. The molecule has 0 aliphatic heterocycles. The summed E-state index contributed by atoms with van der Waals surface area (Å²) in [5.74, 6) is 1.66. The summed E-state index contributed by atoms with van der Waals surface area (Å²) in [6.07, 6.45) is 1.84. The predicted molar refractivity (Wildman–Crippen MR) is 88.7 cm³/mol. The van der Waals surface area contributed by atoms with Gasteiger partial charge in [0, 0.05) is 11.9 Å². The zero-order valence-corrected chi connectivity index (χ0v) is 12.5. The topological polar surface area (TPSA) is 43.4 Å². The first-order valence-corrected chi connectivity index (χ1v) is 7.21. The highest BCUT2D eigenvalue weighted by Crippen LogP contribution is 2.17. The highest BCUT2D eigenvalue weighted by molar-refractivity contribution is 5.81. The number of benzene rings is 2. The molecule has 0 bridgehead atoms. The summed E-state index contributed by atoms with van der Waals surface area (Å²) in [7, 11) is 1.65. The van der Waals surface area contributed by atoms with E-state index in [9.17, 15) is 0 Å². The molecule has 0 amide bonds. The number of pyridine rings is 1. The highest BCUT2D eigenvalue weighted by Gasteiger charge is 1.98. The Labute approximate surface area is 129 Å². The fraction of sp³-hybridized carbons (Fsp3) is 0.167. The molecule has 0 saturated carbocycles. The Balaban J connectivity index is 1.51. The molecular weight excluding hydrogens is 276 g/mol. The van der Waals surface area contributed by atoms with Crippen LogP contribution in [0.4, 0.5) is 5.69 Å². The Bertz CT molecular complexity index is 741. The number of hydrogen-bond acceptors (Lipinski definition) is 4. The van der Waals surface area contributed by atoms with Crippen LogP contribution < -0.4 is 14.8 Å². The van der Waals surface area contributed by atoms with E-state index in [1.54, 1.807) is 7.11 Å². The van der Waals surface area contributed by atoms with Crippen molar-refractivity contribution in [1.82, 2.24) is 4.98 Å². The minimum Gasteiger partial charge on any atom is -0.497 e. The molecule has 0 aliphatic rings. The third-order valence-electron chi connectivity index (χ3n) is 3.35. The summed E-state index contributed by atoms with van der Waals surface area (Å²) >= 11 is 0. The number of aromatic nitrogens is 1. The van der Waals surface area contributed by atoms with Crippen molar-refractivity contribution < 1.29 is 9.47 Å². The van der Waals surface area contributed by atoms with Gasteiger partial charge in [-0.25, -0.2) is 0 Å². The summed E-state index contributed by atoms with van der Waals surface area (Å²) in [5, 5.41) is 4.45. The van der Waals surface area contributed by atoms with Gasteiger partial charge < -0.3 is 14.8 Å². The van der Waals surface area contributed by atoms with E-state index in [0.717, 1.165) is 28.1 Å². The second kappa shape index (κ2) is 6.80. The van der Waals surface area contributed by atoms with E-state index in [1.807, 2.05) is 48.7 Å². The normalized spacial score (nSPS) is 10.4. The number of ether oxygens (including phenoxy) is 2. The van der Waals surface area contributed by atoms with E-state index < -0.39 is 0 Å². The fourth-order valence-corrected chi connectivity index (χ4v) is 2.20. The second-order valence-corrected chi connectivity index (χ2v) is 4.87. The summed E-state index contributed by atoms with van der Waals surface area (Å²) in [5.41, 5.74) is 2.00. The molecule has 2 aromatic carbocycles. The first kappa shape index (κ1) is 14.2. The third-order valence-corrected chi connectivity index (χ3v) is 3.35. The lowest BCUT2D eigenvalue weighted by Crippen LogP contribution is -2.11. The minimum atomic E-state index is 0.582. The zero-order chi connectivity index (χ0) is 15.2. The lowest BCUT2D eigenvalue weighted by atomic mass is 10.2. The highest BCUT2D eigenvalue weighted by atomic mass is 16.5. The van der Waals surface area contributed by atoms with Gasteiger partial charge in [-0.1, -0.05) is 18.2 Å². The Morgan fingerprint density at radius 2 is 1.77 bits per heavy atom. The van der Waals surface area contributed by atoms with E-state index >= 15 is 0 Å². The summed E-state index contributed by atoms with van der Waals surface area (Å²) in [4.78, 5) is 4.42. The number of methoxy groups -OCH3 is 1. The minimum absolute atomic E-state index is 0.582. The number of fused-ring (bicyclic) bond motifs is 1. The lowest BCUT2D eigenvalue weighted by molar-refractivity contribution is 0.332. The quantitative estimate of drug-likeness (QED) is 0.703. The maximum absolute atomic E-state index is 5.68. The molecule has 1 aromatic heterocycles. The van der Waals surface area contributed by atoms with Gasteiger partial charge >= 0.3 is 0 Å². The smallest absolute Gasteiger partial charge is 0.119 e. The molecule has 1 heterocycles. The van der Waals surface area contributed by atoms with Crippen molar-refractivity contribution in [3.63, 3.8) is 0 Å². The van der Waals surface area contributed by atoms with Gasteiger partial charge in [0.05, 0.1) is 24.5 Å². The molecule has 0 unspecified atom stereocenters. The van der Waals surface area contributed by atoms with Crippen molar-refractivity contribution in [2.75, 3.05) is 25.6 Å². The average Bonchev–Trinajstić information content (AvgIpc) is 2.59. The van der Waals surface area contributed by atoms with E-state index in [-0.39, 0.29) is 0 Å². The summed E-state index contributed by atoms with van der Waals surface area (Å²) < 4.78 is 10.8. The van der Waals surface area contributed by atoms with Crippen molar-refractivity contribution in [3.05, 3.63) is 60.8 Å². The molecule has 22 heavy (non-hydrogen) atoms. The van der Waals surface area contributed by atoms with Gasteiger partial charge in [0.2, 0.25) is 0 Å². The molecule has 0 radical (unpaired) electrons. The lowest BCUT2D eigenvalue weighted by Gasteiger charge is -2.09. The van der Waals surface area contributed by atoms with Crippen LogP contribution in [0.2, 0.25) is 0 Å². The van der Waals surface area contributed by atoms with Crippen LogP contribution in [-0.2, 0) is 0 Å². The van der Waals surface area contributed by atoms with Gasteiger partial charge in [-0.2, -0.15) is 0 Å². The van der Waals surface area contributed by atoms with Crippen LogP contribution in [0, 0.1) is 0 Å². The molecule has 4 heteroatoms. The van der Waals surface area contributed by atoms with E-state index in [2.05, 4.69) is 22.4 Å². The molecule has 4 nitrogen and oxygen atoms in total. The van der Waals surface area contributed by atoms with Crippen molar-refractivity contribution in [2.24, 2.45) is 0 Å². The average molecular weight is 294 g/mol. The summed E-state index contributed by atoms with van der Waals surface area (Å²) in [6.45, 7) is 1.30. The number of nitrogens with one attached hydrogen (secondary N) is 1. The summed E-state index contributed by atoms with van der Waals surface area (Å²) in [6, 6.07) is 17.7. The standard InChI is InChI=1S/C18H18N2O2/c1-21-16-6-8-17(9-7-16)22-11-10-19-15-12-14-4-2-3-5-18(14)20-13-15/h2-9,12-13,19H,10-11H2,1H3. The van der Waals surface area contributed by atoms with Crippen LogP contribution in [0.25, 0.3) is 10.9 Å². The van der Waals surface area contributed by atoms with Gasteiger partial charge in [0.1, 0.15) is 18.1 Å². The molecule has 112 valence electrons. The van der Waals surface area contributed by atoms with Crippen molar-refractivity contribution in [1.29, 1.82) is 0 Å². The van der Waals surface area contributed by atoms with E-state index in [4.69, 9.17) is 9.47 Å². The molecule has 3 aromatic rings. The van der Waals surface area contributed by atoms with Crippen molar-refractivity contribution in [3.8, 4) is 11.5 Å². The SMILES string of the molecule is COc1ccc(OCCNc2cnc3ccccc3c2)cc1.